The standard InChI is InChI=1S/C21H26FN5O2/c1-2-25-11-13-26(14-12-25)21(29)19-24-18(17-5-3-4-10-27(17)19)20(28)23-16-8-6-15(22)7-9-16/h6-9H,2-5,10-14H2,1H3,(H,23,28). The van der Waals surface area contributed by atoms with Crippen molar-refractivity contribution in [3.8, 4) is 0 Å². The third-order valence-corrected chi connectivity index (χ3v) is 5.73. The van der Waals surface area contributed by atoms with Crippen LogP contribution in [0.4, 0.5) is 10.1 Å². The number of piperazine rings is 1. The van der Waals surface area contributed by atoms with Crippen molar-refractivity contribution in [2.75, 3.05) is 38.0 Å². The van der Waals surface area contributed by atoms with E-state index in [1.807, 2.05) is 9.47 Å². The Bertz CT molecular complexity index is 901. The van der Waals surface area contributed by atoms with Crippen molar-refractivity contribution >= 4 is 17.5 Å². The number of anilines is 1. The van der Waals surface area contributed by atoms with Gasteiger partial charge in [0, 0.05) is 38.4 Å². The average molecular weight is 399 g/mol. The molecule has 1 N–H and O–H groups in total. The van der Waals surface area contributed by atoms with Gasteiger partial charge in [0.1, 0.15) is 5.82 Å². The second kappa shape index (κ2) is 8.32. The lowest BCUT2D eigenvalue weighted by atomic mass is 10.1. The molecule has 1 aromatic carbocycles. The second-order valence-electron chi connectivity index (χ2n) is 7.53. The summed E-state index contributed by atoms with van der Waals surface area (Å²) in [4.78, 5) is 34.6. The number of carbonyl (C=O) groups is 2. The van der Waals surface area contributed by atoms with Gasteiger partial charge in [-0.05, 0) is 50.1 Å². The van der Waals surface area contributed by atoms with Gasteiger partial charge in [-0.3, -0.25) is 9.59 Å². The Hall–Kier alpha value is -2.74. The lowest BCUT2D eigenvalue weighted by Crippen LogP contribution is -2.49. The van der Waals surface area contributed by atoms with E-state index in [2.05, 4.69) is 22.1 Å². The Morgan fingerprint density at radius 1 is 1.07 bits per heavy atom. The molecule has 0 atom stereocenters. The third kappa shape index (κ3) is 4.03. The zero-order valence-electron chi connectivity index (χ0n) is 16.7. The van der Waals surface area contributed by atoms with Crippen LogP contribution in [-0.4, -0.2) is 63.9 Å². The molecule has 4 rings (SSSR count). The number of nitrogens with zero attached hydrogens (tertiary/aromatic N) is 4. The van der Waals surface area contributed by atoms with Crippen LogP contribution in [0.1, 0.15) is 46.6 Å². The average Bonchev–Trinajstić information content (AvgIpc) is 3.15. The maximum Gasteiger partial charge on any atom is 0.289 e. The first-order valence-electron chi connectivity index (χ1n) is 10.2. The highest BCUT2D eigenvalue weighted by Gasteiger charge is 2.31. The molecule has 0 unspecified atom stereocenters. The Balaban J connectivity index is 1.57. The molecule has 0 aliphatic carbocycles. The lowest BCUT2D eigenvalue weighted by Gasteiger charge is -2.34. The zero-order valence-corrected chi connectivity index (χ0v) is 16.7. The number of rotatable bonds is 4. The van der Waals surface area contributed by atoms with Gasteiger partial charge in [-0.1, -0.05) is 6.92 Å². The molecule has 1 fully saturated rings. The van der Waals surface area contributed by atoms with Crippen LogP contribution in [0.15, 0.2) is 24.3 Å². The van der Waals surface area contributed by atoms with Crippen molar-refractivity contribution < 1.29 is 14.0 Å². The van der Waals surface area contributed by atoms with Gasteiger partial charge < -0.3 is 19.7 Å². The van der Waals surface area contributed by atoms with Gasteiger partial charge in [0.2, 0.25) is 0 Å². The predicted molar refractivity (Wildman–Crippen MR) is 108 cm³/mol. The van der Waals surface area contributed by atoms with Crippen LogP contribution in [0.25, 0.3) is 0 Å². The number of likely N-dealkylation sites (N-methyl/N-ethyl adjacent to an activating group) is 1. The van der Waals surface area contributed by atoms with E-state index >= 15 is 0 Å². The molecular weight excluding hydrogens is 373 g/mol. The number of aromatic nitrogens is 2. The van der Waals surface area contributed by atoms with Gasteiger partial charge in [0.25, 0.3) is 11.8 Å². The summed E-state index contributed by atoms with van der Waals surface area (Å²) < 4.78 is 15.0. The number of hydrogen-bond acceptors (Lipinski definition) is 4. The number of imidazole rings is 1. The van der Waals surface area contributed by atoms with Gasteiger partial charge in [0.05, 0.1) is 5.69 Å². The highest BCUT2D eigenvalue weighted by molar-refractivity contribution is 6.05. The summed E-state index contributed by atoms with van der Waals surface area (Å²) in [6.07, 6.45) is 2.65. The van der Waals surface area contributed by atoms with E-state index in [0.717, 1.165) is 44.6 Å². The fraction of sp³-hybridized carbons (Fsp3) is 0.476. The second-order valence-corrected chi connectivity index (χ2v) is 7.53. The van der Waals surface area contributed by atoms with Gasteiger partial charge in [-0.25, -0.2) is 9.37 Å². The van der Waals surface area contributed by atoms with E-state index in [0.29, 0.717) is 36.8 Å². The van der Waals surface area contributed by atoms with Crippen LogP contribution >= 0.6 is 0 Å². The number of amides is 2. The van der Waals surface area contributed by atoms with Crippen molar-refractivity contribution in [2.45, 2.75) is 32.7 Å². The van der Waals surface area contributed by atoms with Crippen molar-refractivity contribution in [1.29, 1.82) is 0 Å². The number of halogens is 1. The molecule has 1 saturated heterocycles. The molecule has 154 valence electrons. The van der Waals surface area contributed by atoms with Gasteiger partial charge in [-0.15, -0.1) is 0 Å². The summed E-state index contributed by atoms with van der Waals surface area (Å²) in [7, 11) is 0. The minimum atomic E-state index is -0.364. The van der Waals surface area contributed by atoms with Gasteiger partial charge >= 0.3 is 0 Å². The first-order chi connectivity index (χ1) is 14.1. The van der Waals surface area contributed by atoms with E-state index in [-0.39, 0.29) is 17.6 Å². The molecule has 0 bridgehead atoms. The van der Waals surface area contributed by atoms with E-state index in [1.165, 1.54) is 24.3 Å². The Kier molecular flexibility index (Phi) is 5.62. The first kappa shape index (κ1) is 19.6. The van der Waals surface area contributed by atoms with Crippen LogP contribution in [0, 0.1) is 5.82 Å². The van der Waals surface area contributed by atoms with Crippen LogP contribution in [-0.2, 0) is 13.0 Å². The first-order valence-corrected chi connectivity index (χ1v) is 10.2. The van der Waals surface area contributed by atoms with Crippen molar-refractivity contribution in [3.05, 3.63) is 47.3 Å². The fourth-order valence-corrected chi connectivity index (χ4v) is 4.02. The normalized spacial score (nSPS) is 17.1. The Morgan fingerprint density at radius 2 is 1.79 bits per heavy atom. The summed E-state index contributed by atoms with van der Waals surface area (Å²) in [5, 5.41) is 2.77. The molecule has 1 aromatic heterocycles. The fourth-order valence-electron chi connectivity index (χ4n) is 4.02. The minimum Gasteiger partial charge on any atom is -0.333 e. The number of carbonyl (C=O) groups excluding carboxylic acids is 2. The molecule has 3 heterocycles. The maximum atomic E-state index is 13.1. The molecule has 2 aliphatic heterocycles. The number of hydrogen-bond donors (Lipinski definition) is 1. The molecule has 29 heavy (non-hydrogen) atoms. The smallest absolute Gasteiger partial charge is 0.289 e. The van der Waals surface area contributed by atoms with Gasteiger partial charge in [-0.2, -0.15) is 0 Å². The number of benzene rings is 1. The SMILES string of the molecule is CCN1CCN(C(=O)c2nc(C(=O)Nc3ccc(F)cc3)c3n2CCCC3)CC1. The monoisotopic (exact) mass is 399 g/mol. The lowest BCUT2D eigenvalue weighted by molar-refractivity contribution is 0.0625. The Morgan fingerprint density at radius 3 is 2.48 bits per heavy atom. The maximum absolute atomic E-state index is 13.1. The van der Waals surface area contributed by atoms with E-state index < -0.39 is 0 Å². The van der Waals surface area contributed by atoms with Crippen LogP contribution in [0.3, 0.4) is 0 Å². The minimum absolute atomic E-state index is 0.107. The molecule has 0 radical (unpaired) electrons. The summed E-state index contributed by atoms with van der Waals surface area (Å²) in [6, 6.07) is 5.61. The largest absolute Gasteiger partial charge is 0.333 e. The molecule has 0 spiro atoms. The molecule has 2 aromatic rings. The quantitative estimate of drug-likeness (QED) is 0.857. The molecule has 2 aliphatic rings. The number of nitrogens with one attached hydrogen (secondary N) is 1. The summed E-state index contributed by atoms with van der Waals surface area (Å²) in [6.45, 7) is 6.85. The highest BCUT2D eigenvalue weighted by Crippen LogP contribution is 2.23. The highest BCUT2D eigenvalue weighted by atomic mass is 19.1. The van der Waals surface area contributed by atoms with Crippen LogP contribution < -0.4 is 5.32 Å². The molecular formula is C21H26FN5O2. The molecule has 0 saturated carbocycles. The third-order valence-electron chi connectivity index (χ3n) is 5.73. The predicted octanol–water partition coefficient (Wildman–Crippen LogP) is 2.39. The Labute approximate surface area is 169 Å². The van der Waals surface area contributed by atoms with E-state index in [4.69, 9.17) is 0 Å². The summed E-state index contributed by atoms with van der Waals surface area (Å²) in [5.41, 5.74) is 1.61. The zero-order chi connectivity index (χ0) is 20.4. The van der Waals surface area contributed by atoms with Crippen molar-refractivity contribution in [2.24, 2.45) is 0 Å². The van der Waals surface area contributed by atoms with Crippen molar-refractivity contribution in [3.63, 3.8) is 0 Å². The van der Waals surface area contributed by atoms with Crippen LogP contribution in [0.2, 0.25) is 0 Å². The van der Waals surface area contributed by atoms with Crippen LogP contribution in [0.5, 0.6) is 0 Å². The van der Waals surface area contributed by atoms with E-state index in [9.17, 15) is 14.0 Å². The van der Waals surface area contributed by atoms with Gasteiger partial charge in [0.15, 0.2) is 11.5 Å². The van der Waals surface area contributed by atoms with E-state index in [1.54, 1.807) is 0 Å². The van der Waals surface area contributed by atoms with Crippen molar-refractivity contribution in [1.82, 2.24) is 19.4 Å². The summed E-state index contributed by atoms with van der Waals surface area (Å²) >= 11 is 0. The number of fused-ring (bicyclic) bond motifs is 1. The molecule has 8 heteroatoms. The molecule has 7 nitrogen and oxygen atoms in total. The topological polar surface area (TPSA) is 70.5 Å². The summed E-state index contributed by atoms with van der Waals surface area (Å²) in [5.74, 6) is -0.478. The molecule has 2 amide bonds.